The van der Waals surface area contributed by atoms with Crippen molar-refractivity contribution in [2.24, 2.45) is 5.92 Å². The van der Waals surface area contributed by atoms with E-state index in [9.17, 15) is 0 Å². The Morgan fingerprint density at radius 3 is 2.80 bits per heavy atom. The first kappa shape index (κ1) is 13.2. The Labute approximate surface area is 121 Å². The van der Waals surface area contributed by atoms with Crippen LogP contribution in [-0.2, 0) is 0 Å². The van der Waals surface area contributed by atoms with E-state index in [4.69, 9.17) is 11.6 Å². The zero-order valence-electron chi connectivity index (χ0n) is 11.2. The fourth-order valence-corrected chi connectivity index (χ4v) is 2.75. The fourth-order valence-electron chi connectivity index (χ4n) is 2.60. The van der Waals surface area contributed by atoms with Crippen LogP contribution in [-0.4, -0.2) is 35.8 Å². The number of rotatable bonds is 4. The molecule has 2 aromatic heterocycles. The molecule has 1 N–H and O–H groups in total. The van der Waals surface area contributed by atoms with Crippen LogP contribution >= 0.6 is 11.6 Å². The summed E-state index contributed by atoms with van der Waals surface area (Å²) in [6.45, 7) is 2.16. The second kappa shape index (κ2) is 5.70. The van der Waals surface area contributed by atoms with Crippen molar-refractivity contribution in [3.8, 4) is 5.95 Å². The van der Waals surface area contributed by atoms with E-state index in [1.165, 1.54) is 43.0 Å². The molecule has 0 bridgehead atoms. The van der Waals surface area contributed by atoms with E-state index in [1.807, 2.05) is 0 Å². The standard InChI is InChI=1S/C12H16ClN7/c1-8(9-4-2-3-5-9)16-11-17-10(13)18-12(19-11)20-7-14-6-15-20/h6-9H,2-5H2,1H3,(H,16,17,18,19). The highest BCUT2D eigenvalue weighted by Crippen LogP contribution is 2.28. The third-order valence-electron chi connectivity index (χ3n) is 3.68. The lowest BCUT2D eigenvalue weighted by atomic mass is 10.0. The van der Waals surface area contributed by atoms with E-state index < -0.39 is 0 Å². The van der Waals surface area contributed by atoms with Crippen molar-refractivity contribution < 1.29 is 0 Å². The van der Waals surface area contributed by atoms with Crippen LogP contribution in [0.15, 0.2) is 12.7 Å². The maximum Gasteiger partial charge on any atom is 0.258 e. The number of hydrogen-bond donors (Lipinski definition) is 1. The molecule has 8 heteroatoms. The molecule has 106 valence electrons. The van der Waals surface area contributed by atoms with Gasteiger partial charge in [0.25, 0.3) is 5.95 Å². The molecule has 7 nitrogen and oxygen atoms in total. The van der Waals surface area contributed by atoms with Crippen LogP contribution in [0.4, 0.5) is 5.95 Å². The van der Waals surface area contributed by atoms with Crippen molar-refractivity contribution in [2.45, 2.75) is 38.6 Å². The number of nitrogens with zero attached hydrogens (tertiary/aromatic N) is 6. The van der Waals surface area contributed by atoms with Gasteiger partial charge < -0.3 is 5.32 Å². The summed E-state index contributed by atoms with van der Waals surface area (Å²) in [5.41, 5.74) is 0. The van der Waals surface area contributed by atoms with Crippen LogP contribution < -0.4 is 5.32 Å². The van der Waals surface area contributed by atoms with Gasteiger partial charge >= 0.3 is 0 Å². The Bertz CT molecular complexity index is 565. The number of hydrogen-bond acceptors (Lipinski definition) is 6. The number of anilines is 1. The van der Waals surface area contributed by atoms with Crippen molar-refractivity contribution in [3.63, 3.8) is 0 Å². The summed E-state index contributed by atoms with van der Waals surface area (Å²) in [5, 5.41) is 7.46. The molecule has 1 atom stereocenters. The van der Waals surface area contributed by atoms with Crippen molar-refractivity contribution in [1.82, 2.24) is 29.7 Å². The van der Waals surface area contributed by atoms with Gasteiger partial charge in [-0.2, -0.15) is 24.7 Å². The smallest absolute Gasteiger partial charge is 0.258 e. The summed E-state index contributed by atoms with van der Waals surface area (Å²) < 4.78 is 1.46. The van der Waals surface area contributed by atoms with Crippen LogP contribution in [0, 0.1) is 5.92 Å². The normalized spacial score (nSPS) is 17.3. The summed E-state index contributed by atoms with van der Waals surface area (Å²) in [5.74, 6) is 1.51. The molecule has 1 aliphatic rings. The SMILES string of the molecule is CC(Nc1nc(Cl)nc(-n2cncn2)n1)C1CCCC1. The van der Waals surface area contributed by atoms with Gasteiger partial charge in [0.15, 0.2) is 0 Å². The van der Waals surface area contributed by atoms with Gasteiger partial charge in [-0.05, 0) is 37.3 Å². The molecular weight excluding hydrogens is 278 g/mol. The Balaban J connectivity index is 1.79. The zero-order chi connectivity index (χ0) is 13.9. The summed E-state index contributed by atoms with van der Waals surface area (Å²) in [4.78, 5) is 16.4. The third kappa shape index (κ3) is 2.87. The molecule has 2 heterocycles. The quantitative estimate of drug-likeness (QED) is 0.929. The molecule has 0 aliphatic heterocycles. The molecule has 0 saturated heterocycles. The van der Waals surface area contributed by atoms with Crippen molar-refractivity contribution in [2.75, 3.05) is 5.32 Å². The molecule has 1 aliphatic carbocycles. The predicted molar refractivity (Wildman–Crippen MR) is 74.8 cm³/mol. The summed E-state index contributed by atoms with van der Waals surface area (Å²) in [6.07, 6.45) is 8.06. The first-order valence-corrected chi connectivity index (χ1v) is 7.13. The lowest BCUT2D eigenvalue weighted by Crippen LogP contribution is -2.25. The van der Waals surface area contributed by atoms with Crippen LogP contribution in [0.1, 0.15) is 32.6 Å². The van der Waals surface area contributed by atoms with E-state index in [0.717, 1.165) is 0 Å². The van der Waals surface area contributed by atoms with E-state index >= 15 is 0 Å². The molecule has 1 fully saturated rings. The lowest BCUT2D eigenvalue weighted by molar-refractivity contribution is 0.479. The van der Waals surface area contributed by atoms with Crippen LogP contribution in [0.25, 0.3) is 5.95 Å². The van der Waals surface area contributed by atoms with E-state index in [-0.39, 0.29) is 5.28 Å². The van der Waals surface area contributed by atoms with Crippen LogP contribution in [0.5, 0.6) is 0 Å². The lowest BCUT2D eigenvalue weighted by Gasteiger charge is -2.20. The Hall–Kier alpha value is -1.76. The molecule has 0 spiro atoms. The second-order valence-corrected chi connectivity index (χ2v) is 5.38. The summed E-state index contributed by atoms with van der Waals surface area (Å²) in [6, 6.07) is 0.319. The second-order valence-electron chi connectivity index (χ2n) is 5.05. The number of nitrogens with one attached hydrogen (secondary N) is 1. The van der Waals surface area contributed by atoms with Crippen LogP contribution in [0.2, 0.25) is 5.28 Å². The Morgan fingerprint density at radius 1 is 1.30 bits per heavy atom. The number of halogens is 1. The maximum atomic E-state index is 5.95. The van der Waals surface area contributed by atoms with E-state index in [0.29, 0.717) is 23.9 Å². The monoisotopic (exact) mass is 293 g/mol. The minimum Gasteiger partial charge on any atom is -0.351 e. The molecule has 0 aromatic carbocycles. The zero-order valence-corrected chi connectivity index (χ0v) is 12.0. The van der Waals surface area contributed by atoms with Gasteiger partial charge in [-0.3, -0.25) is 0 Å². The number of aromatic nitrogens is 6. The van der Waals surface area contributed by atoms with E-state index in [2.05, 4.69) is 37.3 Å². The van der Waals surface area contributed by atoms with Gasteiger partial charge in [0.05, 0.1) is 0 Å². The maximum absolute atomic E-state index is 5.95. The van der Waals surface area contributed by atoms with Crippen LogP contribution in [0.3, 0.4) is 0 Å². The van der Waals surface area contributed by atoms with Gasteiger partial charge in [0.2, 0.25) is 11.2 Å². The average molecular weight is 294 g/mol. The largest absolute Gasteiger partial charge is 0.351 e. The molecule has 0 amide bonds. The fraction of sp³-hybridized carbons (Fsp3) is 0.583. The Morgan fingerprint density at radius 2 is 2.10 bits per heavy atom. The van der Waals surface area contributed by atoms with E-state index in [1.54, 1.807) is 0 Å². The highest BCUT2D eigenvalue weighted by Gasteiger charge is 2.22. The Kier molecular flexibility index (Phi) is 3.77. The average Bonchev–Trinajstić information content (AvgIpc) is 3.12. The van der Waals surface area contributed by atoms with Gasteiger partial charge in [0.1, 0.15) is 12.7 Å². The predicted octanol–water partition coefficient (Wildman–Crippen LogP) is 2.10. The molecular formula is C12H16ClN7. The topological polar surface area (TPSA) is 81.4 Å². The first-order valence-electron chi connectivity index (χ1n) is 6.75. The van der Waals surface area contributed by atoms with Gasteiger partial charge in [-0.1, -0.05) is 12.8 Å². The van der Waals surface area contributed by atoms with Crippen molar-refractivity contribution in [3.05, 3.63) is 17.9 Å². The highest BCUT2D eigenvalue weighted by atomic mass is 35.5. The minimum atomic E-state index is 0.145. The molecule has 1 unspecified atom stereocenters. The summed E-state index contributed by atoms with van der Waals surface area (Å²) in [7, 11) is 0. The first-order chi connectivity index (χ1) is 9.72. The van der Waals surface area contributed by atoms with Gasteiger partial charge in [-0.25, -0.2) is 4.98 Å². The van der Waals surface area contributed by atoms with Crippen molar-refractivity contribution >= 4 is 17.5 Å². The van der Waals surface area contributed by atoms with Gasteiger partial charge in [-0.15, -0.1) is 0 Å². The molecule has 1 saturated carbocycles. The van der Waals surface area contributed by atoms with Gasteiger partial charge in [0, 0.05) is 6.04 Å². The third-order valence-corrected chi connectivity index (χ3v) is 3.85. The minimum absolute atomic E-state index is 0.145. The summed E-state index contributed by atoms with van der Waals surface area (Å²) >= 11 is 5.95. The molecule has 0 radical (unpaired) electrons. The van der Waals surface area contributed by atoms with Crippen molar-refractivity contribution in [1.29, 1.82) is 0 Å². The molecule has 2 aromatic rings. The molecule has 20 heavy (non-hydrogen) atoms. The highest BCUT2D eigenvalue weighted by molar-refractivity contribution is 6.28. The molecule has 3 rings (SSSR count).